The average Bonchev–Trinajstić information content (AvgIpc) is 3.73. The van der Waals surface area contributed by atoms with Crippen LogP contribution in [0.4, 0.5) is 0 Å². The molecule has 2 aromatic carbocycles. The molecule has 5 aromatic rings. The molecular formula is C29H34N8. The topological polar surface area (TPSA) is 70.8 Å². The van der Waals surface area contributed by atoms with Gasteiger partial charge in [-0.2, -0.15) is 0 Å². The Balaban J connectivity index is 1.03. The minimum atomic E-state index is 0.442. The Kier molecular flexibility index (Phi) is 7.10. The van der Waals surface area contributed by atoms with Gasteiger partial charge in [-0.25, -0.2) is 4.98 Å². The van der Waals surface area contributed by atoms with Crippen LogP contribution in [0.5, 0.6) is 0 Å². The van der Waals surface area contributed by atoms with Crippen molar-refractivity contribution in [2.45, 2.75) is 31.8 Å². The minimum Gasteiger partial charge on any atom is -0.361 e. The van der Waals surface area contributed by atoms with Crippen LogP contribution in [0.25, 0.3) is 16.6 Å². The molecule has 1 saturated heterocycles. The van der Waals surface area contributed by atoms with Gasteiger partial charge >= 0.3 is 0 Å². The molecule has 1 aliphatic heterocycles. The molecule has 1 atom stereocenters. The molecule has 8 heteroatoms. The monoisotopic (exact) mass is 494 g/mol. The Bertz CT molecular complexity index is 1370. The first-order valence-electron chi connectivity index (χ1n) is 13.3. The Morgan fingerprint density at radius 2 is 1.73 bits per heavy atom. The van der Waals surface area contributed by atoms with Crippen molar-refractivity contribution < 1.29 is 0 Å². The van der Waals surface area contributed by atoms with Gasteiger partial charge < -0.3 is 14.5 Å². The summed E-state index contributed by atoms with van der Waals surface area (Å²) in [5, 5.41) is 9.17. The van der Waals surface area contributed by atoms with Gasteiger partial charge in [-0.15, -0.1) is 10.2 Å². The van der Waals surface area contributed by atoms with Gasteiger partial charge in [0.1, 0.15) is 12.7 Å². The molecule has 0 radical (unpaired) electrons. The quantitative estimate of drug-likeness (QED) is 0.313. The summed E-state index contributed by atoms with van der Waals surface area (Å²) in [4.78, 5) is 13.0. The van der Waals surface area contributed by atoms with Crippen molar-refractivity contribution >= 4 is 10.9 Å². The van der Waals surface area contributed by atoms with Crippen molar-refractivity contribution in [3.63, 3.8) is 0 Å². The first-order valence-corrected chi connectivity index (χ1v) is 13.3. The van der Waals surface area contributed by atoms with Crippen LogP contribution < -0.4 is 0 Å². The van der Waals surface area contributed by atoms with Crippen LogP contribution in [0, 0.1) is 0 Å². The van der Waals surface area contributed by atoms with E-state index in [2.05, 4.69) is 95.5 Å². The third-order valence-corrected chi connectivity index (χ3v) is 7.64. The number of aromatic amines is 1. The zero-order chi connectivity index (χ0) is 24.9. The fourth-order valence-corrected chi connectivity index (χ4v) is 5.59. The van der Waals surface area contributed by atoms with Gasteiger partial charge in [-0.1, -0.05) is 30.3 Å². The maximum atomic E-state index is 4.21. The zero-order valence-corrected chi connectivity index (χ0v) is 21.2. The molecular weight excluding hydrogens is 460 g/mol. The fourth-order valence-electron chi connectivity index (χ4n) is 5.59. The van der Waals surface area contributed by atoms with Crippen LogP contribution >= 0.6 is 0 Å². The SMILES string of the molecule is c1ccc(C(CCn2ccnc2)N2CCN(CCCc3c[nH]c4ccc(-n5cnnc5)cc34)CC2)cc1. The second kappa shape index (κ2) is 11.1. The number of piperazine rings is 1. The maximum absolute atomic E-state index is 4.21. The molecule has 37 heavy (non-hydrogen) atoms. The van der Waals surface area contributed by atoms with Gasteiger partial charge in [0.2, 0.25) is 0 Å². The lowest BCUT2D eigenvalue weighted by Crippen LogP contribution is -2.48. The number of aryl methyl sites for hydroxylation is 2. The van der Waals surface area contributed by atoms with Crippen molar-refractivity contribution in [1.29, 1.82) is 0 Å². The summed E-state index contributed by atoms with van der Waals surface area (Å²) >= 11 is 0. The molecule has 0 amide bonds. The molecule has 1 aliphatic rings. The van der Waals surface area contributed by atoms with Gasteiger partial charge in [0.05, 0.1) is 6.33 Å². The normalized spacial score (nSPS) is 15.9. The Morgan fingerprint density at radius 3 is 2.51 bits per heavy atom. The second-order valence-electron chi connectivity index (χ2n) is 9.91. The number of hydrogen-bond acceptors (Lipinski definition) is 5. The molecule has 6 rings (SSSR count). The minimum absolute atomic E-state index is 0.442. The molecule has 1 fully saturated rings. The molecule has 4 heterocycles. The first kappa shape index (κ1) is 23.6. The molecule has 0 spiro atoms. The van der Waals surface area contributed by atoms with E-state index in [0.717, 1.165) is 64.2 Å². The second-order valence-corrected chi connectivity index (χ2v) is 9.91. The van der Waals surface area contributed by atoms with Crippen molar-refractivity contribution in [3.05, 3.63) is 97.2 Å². The Labute approximate surface area is 217 Å². The summed E-state index contributed by atoms with van der Waals surface area (Å²) in [5.74, 6) is 0. The molecule has 0 aliphatic carbocycles. The summed E-state index contributed by atoms with van der Waals surface area (Å²) < 4.78 is 4.14. The molecule has 1 unspecified atom stereocenters. The Hall–Kier alpha value is -3.75. The highest BCUT2D eigenvalue weighted by Crippen LogP contribution is 2.27. The molecule has 0 saturated carbocycles. The highest BCUT2D eigenvalue weighted by molar-refractivity contribution is 5.85. The smallest absolute Gasteiger partial charge is 0.123 e. The summed E-state index contributed by atoms with van der Waals surface area (Å²) in [5.41, 5.74) is 5.08. The van der Waals surface area contributed by atoms with E-state index >= 15 is 0 Å². The van der Waals surface area contributed by atoms with Gasteiger partial charge in [0.25, 0.3) is 0 Å². The zero-order valence-electron chi connectivity index (χ0n) is 21.2. The molecule has 3 aromatic heterocycles. The van der Waals surface area contributed by atoms with Gasteiger partial charge in [0, 0.05) is 73.9 Å². The third-order valence-electron chi connectivity index (χ3n) is 7.64. The summed E-state index contributed by atoms with van der Waals surface area (Å²) in [6.45, 7) is 6.60. The predicted molar refractivity (Wildman–Crippen MR) is 146 cm³/mol. The van der Waals surface area contributed by atoms with Crippen molar-refractivity contribution in [2.75, 3.05) is 32.7 Å². The van der Waals surface area contributed by atoms with Crippen LogP contribution in [0.2, 0.25) is 0 Å². The highest BCUT2D eigenvalue weighted by atomic mass is 15.3. The largest absolute Gasteiger partial charge is 0.361 e. The van der Waals surface area contributed by atoms with E-state index in [1.807, 2.05) is 17.1 Å². The number of hydrogen-bond donors (Lipinski definition) is 1. The number of benzene rings is 2. The lowest BCUT2D eigenvalue weighted by molar-refractivity contribution is 0.0892. The van der Waals surface area contributed by atoms with E-state index in [1.165, 1.54) is 22.0 Å². The van der Waals surface area contributed by atoms with Crippen LogP contribution in [0.3, 0.4) is 0 Å². The van der Waals surface area contributed by atoms with E-state index in [1.54, 1.807) is 12.7 Å². The molecule has 1 N–H and O–H groups in total. The molecule has 8 nitrogen and oxygen atoms in total. The van der Waals surface area contributed by atoms with E-state index in [-0.39, 0.29) is 0 Å². The average molecular weight is 495 g/mol. The van der Waals surface area contributed by atoms with Crippen LogP contribution in [0.15, 0.2) is 86.1 Å². The van der Waals surface area contributed by atoms with Crippen LogP contribution in [-0.2, 0) is 13.0 Å². The van der Waals surface area contributed by atoms with Gasteiger partial charge in [-0.3, -0.25) is 9.47 Å². The third kappa shape index (κ3) is 5.50. The highest BCUT2D eigenvalue weighted by Gasteiger charge is 2.25. The van der Waals surface area contributed by atoms with E-state index in [4.69, 9.17) is 0 Å². The van der Waals surface area contributed by atoms with Crippen molar-refractivity contribution in [2.24, 2.45) is 0 Å². The lowest BCUT2D eigenvalue weighted by atomic mass is 10.0. The molecule has 190 valence electrons. The number of rotatable bonds is 10. The first-order chi connectivity index (χ1) is 18.3. The van der Waals surface area contributed by atoms with Gasteiger partial charge in [-0.05, 0) is 55.1 Å². The standard InChI is InChI=1S/C29H34N8/c1-2-5-24(6-3-1)29(10-13-35-14-11-30-21-35)36-17-15-34(16-18-36)12-4-7-25-20-31-28-9-8-26(19-27(25)28)37-22-32-33-23-37/h1-3,5-6,8-9,11,14,19-23,29,31H,4,7,10,12-13,15-18H2. The summed E-state index contributed by atoms with van der Waals surface area (Å²) in [7, 11) is 0. The van der Waals surface area contributed by atoms with Crippen molar-refractivity contribution in [3.8, 4) is 5.69 Å². The van der Waals surface area contributed by atoms with Crippen LogP contribution in [0.1, 0.15) is 30.0 Å². The number of aromatic nitrogens is 6. The predicted octanol–water partition coefficient (Wildman–Crippen LogP) is 4.33. The lowest BCUT2D eigenvalue weighted by Gasteiger charge is -2.39. The van der Waals surface area contributed by atoms with Crippen molar-refractivity contribution in [1.82, 2.24) is 39.1 Å². The Morgan fingerprint density at radius 1 is 0.892 bits per heavy atom. The number of nitrogens with one attached hydrogen (secondary N) is 1. The number of imidazole rings is 1. The number of H-pyrrole nitrogens is 1. The van der Waals surface area contributed by atoms with E-state index in [9.17, 15) is 0 Å². The fraction of sp³-hybridized carbons (Fsp3) is 0.345. The number of fused-ring (bicyclic) bond motifs is 1. The number of nitrogens with zero attached hydrogens (tertiary/aromatic N) is 7. The van der Waals surface area contributed by atoms with E-state index in [0.29, 0.717) is 6.04 Å². The van der Waals surface area contributed by atoms with E-state index < -0.39 is 0 Å². The summed E-state index contributed by atoms with van der Waals surface area (Å²) in [6, 6.07) is 17.9. The molecule has 0 bridgehead atoms. The maximum Gasteiger partial charge on any atom is 0.123 e. The summed E-state index contributed by atoms with van der Waals surface area (Å²) in [6.07, 6.45) is 14.8. The van der Waals surface area contributed by atoms with Crippen LogP contribution in [-0.4, -0.2) is 71.8 Å². The van der Waals surface area contributed by atoms with Gasteiger partial charge in [0.15, 0.2) is 0 Å².